The van der Waals surface area contributed by atoms with Crippen LogP contribution in [0, 0.1) is 0 Å². The molecular weight excluding hydrogens is 176 g/mol. The van der Waals surface area contributed by atoms with Crippen LogP contribution in [0.15, 0.2) is 0 Å². The molecular formula is C11H24N2O. The topological polar surface area (TPSA) is 49.5 Å². The average Bonchev–Trinajstić information content (AvgIpc) is 2.63. The van der Waals surface area contributed by atoms with E-state index >= 15 is 0 Å². The number of nitrogens with zero attached hydrogens (tertiary/aromatic N) is 1. The summed E-state index contributed by atoms with van der Waals surface area (Å²) in [6.07, 6.45) is 4.72. The molecule has 3 nitrogen and oxygen atoms in total. The molecule has 0 heterocycles. The summed E-state index contributed by atoms with van der Waals surface area (Å²) in [5.74, 6) is 0. The third-order valence-electron chi connectivity index (χ3n) is 3.45. The van der Waals surface area contributed by atoms with E-state index in [0.29, 0.717) is 0 Å². The largest absolute Gasteiger partial charge is 0.392 e. The Morgan fingerprint density at radius 3 is 2.36 bits per heavy atom. The van der Waals surface area contributed by atoms with E-state index in [2.05, 4.69) is 11.8 Å². The van der Waals surface area contributed by atoms with Crippen LogP contribution in [0.5, 0.6) is 0 Å². The van der Waals surface area contributed by atoms with E-state index in [9.17, 15) is 5.11 Å². The van der Waals surface area contributed by atoms with Gasteiger partial charge in [-0.25, -0.2) is 0 Å². The van der Waals surface area contributed by atoms with E-state index in [0.717, 1.165) is 19.6 Å². The Labute approximate surface area is 87.3 Å². The summed E-state index contributed by atoms with van der Waals surface area (Å²) in [6, 6.07) is 0. The van der Waals surface area contributed by atoms with Gasteiger partial charge < -0.3 is 10.8 Å². The maximum atomic E-state index is 9.44. The molecule has 1 aliphatic rings. The zero-order valence-electron chi connectivity index (χ0n) is 9.50. The Bertz CT molecular complexity index is 165. The third kappa shape index (κ3) is 2.47. The van der Waals surface area contributed by atoms with E-state index in [-0.39, 0.29) is 11.6 Å². The van der Waals surface area contributed by atoms with Crippen molar-refractivity contribution in [3.05, 3.63) is 0 Å². The molecule has 0 saturated heterocycles. The number of hydrogen-bond acceptors (Lipinski definition) is 3. The molecule has 3 N–H and O–H groups in total. The van der Waals surface area contributed by atoms with E-state index in [1.54, 1.807) is 0 Å². The van der Waals surface area contributed by atoms with Gasteiger partial charge in [-0.15, -0.1) is 0 Å². The first-order chi connectivity index (χ1) is 6.64. The highest BCUT2D eigenvalue weighted by molar-refractivity contribution is 4.95. The summed E-state index contributed by atoms with van der Waals surface area (Å²) in [5.41, 5.74) is 6.08. The molecule has 0 aromatic heterocycles. The van der Waals surface area contributed by atoms with Crippen molar-refractivity contribution < 1.29 is 5.11 Å². The van der Waals surface area contributed by atoms with Gasteiger partial charge in [0.1, 0.15) is 0 Å². The minimum atomic E-state index is -0.251. The molecule has 3 heteroatoms. The number of aliphatic hydroxyl groups excluding tert-OH is 1. The van der Waals surface area contributed by atoms with Crippen molar-refractivity contribution in [3.8, 4) is 0 Å². The molecule has 1 saturated carbocycles. The third-order valence-corrected chi connectivity index (χ3v) is 3.45. The van der Waals surface area contributed by atoms with Crippen LogP contribution in [-0.2, 0) is 0 Å². The van der Waals surface area contributed by atoms with Crippen molar-refractivity contribution in [2.75, 3.05) is 19.6 Å². The molecule has 0 bridgehead atoms. The van der Waals surface area contributed by atoms with Gasteiger partial charge in [0.25, 0.3) is 0 Å². The van der Waals surface area contributed by atoms with Crippen molar-refractivity contribution in [1.29, 1.82) is 0 Å². The second-order valence-corrected chi connectivity index (χ2v) is 4.52. The molecule has 84 valence electrons. The van der Waals surface area contributed by atoms with Crippen LogP contribution in [0.1, 0.15) is 39.5 Å². The highest BCUT2D eigenvalue weighted by Crippen LogP contribution is 2.34. The van der Waals surface area contributed by atoms with Crippen LogP contribution in [0.3, 0.4) is 0 Å². The molecule has 0 aromatic rings. The van der Waals surface area contributed by atoms with Crippen LogP contribution >= 0.6 is 0 Å². The highest BCUT2D eigenvalue weighted by atomic mass is 16.3. The average molecular weight is 200 g/mol. The molecule has 0 aromatic carbocycles. The van der Waals surface area contributed by atoms with E-state index in [4.69, 9.17) is 5.73 Å². The van der Waals surface area contributed by atoms with E-state index in [1.165, 1.54) is 25.7 Å². The maximum Gasteiger partial charge on any atom is 0.0639 e. The number of β-amino-alcohol motifs (C(OH)–C–C–N with tert-alkyl or cyclic N) is 1. The van der Waals surface area contributed by atoms with Crippen LogP contribution in [0.25, 0.3) is 0 Å². The van der Waals surface area contributed by atoms with Crippen molar-refractivity contribution in [2.45, 2.75) is 51.2 Å². The summed E-state index contributed by atoms with van der Waals surface area (Å²) in [7, 11) is 0. The molecule has 1 aliphatic carbocycles. The smallest absolute Gasteiger partial charge is 0.0639 e. The number of likely N-dealkylation sites (N-methyl/N-ethyl adjacent to an activating group) is 1. The minimum Gasteiger partial charge on any atom is -0.392 e. The molecule has 1 unspecified atom stereocenters. The van der Waals surface area contributed by atoms with Crippen molar-refractivity contribution in [2.24, 2.45) is 5.73 Å². The fraction of sp³-hybridized carbons (Fsp3) is 1.00. The Balaban J connectivity index is 2.63. The lowest BCUT2D eigenvalue weighted by Gasteiger charge is -2.40. The molecule has 0 aliphatic heterocycles. The number of hydrogen-bond donors (Lipinski definition) is 2. The monoisotopic (exact) mass is 200 g/mol. The Morgan fingerprint density at radius 2 is 2.00 bits per heavy atom. The predicted molar refractivity (Wildman–Crippen MR) is 59.2 cm³/mol. The molecule has 0 spiro atoms. The van der Waals surface area contributed by atoms with Gasteiger partial charge in [0.2, 0.25) is 0 Å². The van der Waals surface area contributed by atoms with Crippen LogP contribution in [0.4, 0.5) is 0 Å². The SMILES string of the molecule is CCN(CC(C)O)C1(CN)CCCC1. The predicted octanol–water partition coefficient (Wildman–Crippen LogP) is 0.961. The maximum absolute atomic E-state index is 9.44. The molecule has 0 radical (unpaired) electrons. The first-order valence-electron chi connectivity index (χ1n) is 5.78. The van der Waals surface area contributed by atoms with Crippen LogP contribution < -0.4 is 5.73 Å². The van der Waals surface area contributed by atoms with Gasteiger partial charge in [-0.3, -0.25) is 4.90 Å². The number of aliphatic hydroxyl groups is 1. The standard InChI is InChI=1S/C11H24N2O/c1-3-13(8-10(2)14)11(9-12)6-4-5-7-11/h10,14H,3-9,12H2,1-2H3. The second-order valence-electron chi connectivity index (χ2n) is 4.52. The fourth-order valence-electron chi connectivity index (χ4n) is 2.66. The van der Waals surface area contributed by atoms with Crippen LogP contribution in [-0.4, -0.2) is 41.3 Å². The van der Waals surface area contributed by atoms with E-state index in [1.807, 2.05) is 6.92 Å². The normalized spacial score (nSPS) is 22.9. The summed E-state index contributed by atoms with van der Waals surface area (Å²) in [4.78, 5) is 2.37. The van der Waals surface area contributed by atoms with Gasteiger partial charge in [0.15, 0.2) is 0 Å². The summed E-state index contributed by atoms with van der Waals surface area (Å²) < 4.78 is 0. The Morgan fingerprint density at radius 1 is 1.43 bits per heavy atom. The van der Waals surface area contributed by atoms with Gasteiger partial charge in [-0.1, -0.05) is 19.8 Å². The molecule has 1 fully saturated rings. The number of rotatable bonds is 5. The van der Waals surface area contributed by atoms with Crippen LogP contribution in [0.2, 0.25) is 0 Å². The Hall–Kier alpha value is -0.120. The van der Waals surface area contributed by atoms with Gasteiger partial charge in [0, 0.05) is 18.6 Å². The molecule has 14 heavy (non-hydrogen) atoms. The Kier molecular flexibility index (Phi) is 4.35. The molecule has 1 rings (SSSR count). The minimum absolute atomic E-state index is 0.186. The van der Waals surface area contributed by atoms with Gasteiger partial charge in [-0.05, 0) is 26.3 Å². The van der Waals surface area contributed by atoms with Crippen molar-refractivity contribution in [1.82, 2.24) is 4.90 Å². The molecule has 1 atom stereocenters. The van der Waals surface area contributed by atoms with Crippen molar-refractivity contribution in [3.63, 3.8) is 0 Å². The first kappa shape index (κ1) is 12.0. The first-order valence-corrected chi connectivity index (χ1v) is 5.78. The highest BCUT2D eigenvalue weighted by Gasteiger charge is 2.37. The zero-order chi connectivity index (χ0) is 10.6. The summed E-state index contributed by atoms with van der Waals surface area (Å²) in [5, 5.41) is 9.44. The number of nitrogens with two attached hydrogens (primary N) is 1. The zero-order valence-corrected chi connectivity index (χ0v) is 9.50. The lowest BCUT2D eigenvalue weighted by molar-refractivity contribution is 0.0504. The quantitative estimate of drug-likeness (QED) is 0.695. The van der Waals surface area contributed by atoms with E-state index < -0.39 is 0 Å². The van der Waals surface area contributed by atoms with Gasteiger partial charge in [-0.2, -0.15) is 0 Å². The molecule has 0 amide bonds. The van der Waals surface area contributed by atoms with Gasteiger partial charge >= 0.3 is 0 Å². The lowest BCUT2D eigenvalue weighted by atomic mass is 9.94. The van der Waals surface area contributed by atoms with Crippen molar-refractivity contribution >= 4 is 0 Å². The fourth-order valence-corrected chi connectivity index (χ4v) is 2.66. The lowest BCUT2D eigenvalue weighted by Crippen LogP contribution is -2.53. The summed E-state index contributed by atoms with van der Waals surface area (Å²) >= 11 is 0. The second kappa shape index (κ2) is 5.10. The van der Waals surface area contributed by atoms with Gasteiger partial charge in [0.05, 0.1) is 6.10 Å². The summed E-state index contributed by atoms with van der Waals surface area (Å²) in [6.45, 7) is 6.48.